The van der Waals surface area contributed by atoms with Crippen molar-refractivity contribution >= 4 is 17.6 Å². The molecule has 2 rings (SSSR count). The number of carbonyl (C=O) groups excluding carboxylic acids is 1. The number of amides is 1. The van der Waals surface area contributed by atoms with Crippen LogP contribution >= 0.6 is 0 Å². The van der Waals surface area contributed by atoms with Crippen LogP contribution in [0.15, 0.2) is 24.3 Å². The van der Waals surface area contributed by atoms with Crippen molar-refractivity contribution in [2.45, 2.75) is 39.0 Å². The largest absolute Gasteiger partial charge is 0.481 e. The number of hydrogen-bond donors (Lipinski definition) is 1. The Hall–Kier alpha value is -1.84. The molecule has 0 atom stereocenters. The van der Waals surface area contributed by atoms with Crippen molar-refractivity contribution in [2.75, 3.05) is 11.9 Å². The van der Waals surface area contributed by atoms with Crippen molar-refractivity contribution in [1.82, 2.24) is 0 Å². The van der Waals surface area contributed by atoms with Gasteiger partial charge in [-0.2, -0.15) is 0 Å². The molecule has 1 aliphatic carbocycles. The fourth-order valence-corrected chi connectivity index (χ4v) is 2.91. The smallest absolute Gasteiger partial charge is 0.310 e. The normalized spacial score (nSPS) is 16.9. The van der Waals surface area contributed by atoms with Crippen molar-refractivity contribution < 1.29 is 14.7 Å². The van der Waals surface area contributed by atoms with Gasteiger partial charge in [0.15, 0.2) is 0 Å². The van der Waals surface area contributed by atoms with Gasteiger partial charge in [0, 0.05) is 19.2 Å². The van der Waals surface area contributed by atoms with Crippen molar-refractivity contribution in [2.24, 2.45) is 5.41 Å². The topological polar surface area (TPSA) is 57.6 Å². The average molecular weight is 275 g/mol. The molecule has 0 spiro atoms. The molecule has 4 nitrogen and oxygen atoms in total. The van der Waals surface area contributed by atoms with Crippen molar-refractivity contribution in [3.05, 3.63) is 29.8 Å². The van der Waals surface area contributed by atoms with E-state index in [0.29, 0.717) is 12.8 Å². The monoisotopic (exact) mass is 275 g/mol. The molecule has 108 valence electrons. The van der Waals surface area contributed by atoms with E-state index in [0.717, 1.165) is 24.1 Å². The van der Waals surface area contributed by atoms with Gasteiger partial charge in [-0.3, -0.25) is 9.59 Å². The summed E-state index contributed by atoms with van der Waals surface area (Å²) >= 11 is 0. The van der Waals surface area contributed by atoms with Gasteiger partial charge in [-0.15, -0.1) is 0 Å². The zero-order valence-corrected chi connectivity index (χ0v) is 12.1. The number of rotatable bonds is 4. The van der Waals surface area contributed by atoms with E-state index in [2.05, 4.69) is 0 Å². The van der Waals surface area contributed by atoms with Gasteiger partial charge in [0.1, 0.15) is 0 Å². The molecule has 0 unspecified atom stereocenters. The van der Waals surface area contributed by atoms with Crippen molar-refractivity contribution in [3.63, 3.8) is 0 Å². The van der Waals surface area contributed by atoms with Gasteiger partial charge < -0.3 is 10.0 Å². The lowest BCUT2D eigenvalue weighted by Gasteiger charge is -2.26. The Labute approximate surface area is 119 Å². The SMILES string of the molecule is Cc1cccc(N(C)C(=O)CC2(C(=O)O)CCCC2)c1. The summed E-state index contributed by atoms with van der Waals surface area (Å²) in [5.41, 5.74) is 1.04. The molecule has 1 saturated carbocycles. The number of anilines is 1. The van der Waals surface area contributed by atoms with Crippen LogP contribution in [0, 0.1) is 12.3 Å². The lowest BCUT2D eigenvalue weighted by Crippen LogP contribution is -2.36. The van der Waals surface area contributed by atoms with Crippen LogP contribution in [0.25, 0.3) is 0 Å². The van der Waals surface area contributed by atoms with Crippen LogP contribution in [0.5, 0.6) is 0 Å². The molecule has 1 aromatic carbocycles. The quantitative estimate of drug-likeness (QED) is 0.919. The lowest BCUT2D eigenvalue weighted by atomic mass is 9.82. The minimum absolute atomic E-state index is 0.0901. The molecular weight excluding hydrogens is 254 g/mol. The molecule has 1 N–H and O–H groups in total. The van der Waals surface area contributed by atoms with E-state index in [1.54, 1.807) is 11.9 Å². The first kappa shape index (κ1) is 14.6. The van der Waals surface area contributed by atoms with Gasteiger partial charge in [0.05, 0.1) is 5.41 Å². The predicted octanol–water partition coefficient (Wildman–Crippen LogP) is 2.99. The van der Waals surface area contributed by atoms with Crippen LogP contribution in [0.4, 0.5) is 5.69 Å². The second-order valence-electron chi connectivity index (χ2n) is 5.76. The summed E-state index contributed by atoms with van der Waals surface area (Å²) in [6.45, 7) is 1.97. The molecule has 1 fully saturated rings. The number of carbonyl (C=O) groups is 2. The Bertz CT molecular complexity index is 518. The molecule has 0 aromatic heterocycles. The third kappa shape index (κ3) is 2.84. The fraction of sp³-hybridized carbons (Fsp3) is 0.500. The Morgan fingerprint density at radius 3 is 2.50 bits per heavy atom. The highest BCUT2D eigenvalue weighted by molar-refractivity contribution is 5.96. The van der Waals surface area contributed by atoms with Gasteiger partial charge in [0.2, 0.25) is 5.91 Å². The third-order valence-corrected chi connectivity index (χ3v) is 4.27. The predicted molar refractivity (Wildman–Crippen MR) is 77.7 cm³/mol. The molecule has 0 bridgehead atoms. The van der Waals surface area contributed by atoms with Gasteiger partial charge in [-0.05, 0) is 37.5 Å². The number of aryl methyl sites for hydroxylation is 1. The number of benzene rings is 1. The van der Waals surface area contributed by atoms with Crippen LogP contribution in [-0.4, -0.2) is 24.0 Å². The van der Waals surface area contributed by atoms with Gasteiger partial charge >= 0.3 is 5.97 Å². The van der Waals surface area contributed by atoms with E-state index in [9.17, 15) is 14.7 Å². The summed E-state index contributed by atoms with van der Waals surface area (Å²) in [6, 6.07) is 7.67. The van der Waals surface area contributed by atoms with E-state index in [1.165, 1.54) is 0 Å². The Balaban J connectivity index is 2.13. The summed E-state index contributed by atoms with van der Waals surface area (Å²) in [6.07, 6.45) is 3.10. The average Bonchev–Trinajstić information content (AvgIpc) is 2.87. The lowest BCUT2D eigenvalue weighted by molar-refractivity contribution is -0.151. The highest BCUT2D eigenvalue weighted by Crippen LogP contribution is 2.42. The molecule has 4 heteroatoms. The maximum absolute atomic E-state index is 12.4. The number of nitrogens with zero attached hydrogens (tertiary/aromatic N) is 1. The zero-order valence-electron chi connectivity index (χ0n) is 12.1. The van der Waals surface area contributed by atoms with Gasteiger partial charge in [-0.1, -0.05) is 25.0 Å². The molecule has 0 saturated heterocycles. The third-order valence-electron chi connectivity index (χ3n) is 4.27. The minimum Gasteiger partial charge on any atom is -0.481 e. The summed E-state index contributed by atoms with van der Waals surface area (Å²) in [4.78, 5) is 25.4. The maximum Gasteiger partial charge on any atom is 0.310 e. The Kier molecular flexibility index (Phi) is 4.12. The van der Waals surface area contributed by atoms with E-state index in [-0.39, 0.29) is 12.3 Å². The molecule has 0 aliphatic heterocycles. The van der Waals surface area contributed by atoms with E-state index >= 15 is 0 Å². The fourth-order valence-electron chi connectivity index (χ4n) is 2.91. The molecule has 1 amide bonds. The first-order valence-electron chi connectivity index (χ1n) is 7.01. The standard InChI is InChI=1S/C16H21NO3/c1-12-6-5-7-13(10-12)17(2)14(18)11-16(15(19)20)8-3-4-9-16/h5-7,10H,3-4,8-9,11H2,1-2H3,(H,19,20). The highest BCUT2D eigenvalue weighted by atomic mass is 16.4. The van der Waals surface area contributed by atoms with Crippen LogP contribution in [0.2, 0.25) is 0 Å². The number of carboxylic acid groups (broad SMARTS) is 1. The Morgan fingerprint density at radius 1 is 1.30 bits per heavy atom. The first-order chi connectivity index (χ1) is 9.44. The molecule has 0 radical (unpaired) electrons. The molecule has 1 aromatic rings. The summed E-state index contributed by atoms with van der Waals surface area (Å²) in [5, 5.41) is 9.44. The maximum atomic E-state index is 12.4. The number of hydrogen-bond acceptors (Lipinski definition) is 2. The Morgan fingerprint density at radius 2 is 1.95 bits per heavy atom. The van der Waals surface area contributed by atoms with Crippen LogP contribution < -0.4 is 4.90 Å². The first-order valence-corrected chi connectivity index (χ1v) is 7.01. The zero-order chi connectivity index (χ0) is 14.8. The molecular formula is C16H21NO3. The van der Waals surface area contributed by atoms with E-state index < -0.39 is 11.4 Å². The minimum atomic E-state index is -0.852. The van der Waals surface area contributed by atoms with Crippen molar-refractivity contribution in [3.8, 4) is 0 Å². The second kappa shape index (κ2) is 5.65. The van der Waals surface area contributed by atoms with E-state index in [1.807, 2.05) is 31.2 Å². The summed E-state index contributed by atoms with van der Waals surface area (Å²) in [5.74, 6) is -0.958. The van der Waals surface area contributed by atoms with Crippen molar-refractivity contribution in [1.29, 1.82) is 0 Å². The van der Waals surface area contributed by atoms with Crippen LogP contribution in [0.1, 0.15) is 37.7 Å². The summed E-state index contributed by atoms with van der Waals surface area (Å²) in [7, 11) is 1.71. The molecule has 1 aliphatic rings. The second-order valence-corrected chi connectivity index (χ2v) is 5.76. The number of carboxylic acids is 1. The molecule has 0 heterocycles. The van der Waals surface area contributed by atoms with Gasteiger partial charge in [-0.25, -0.2) is 0 Å². The van der Waals surface area contributed by atoms with E-state index in [4.69, 9.17) is 0 Å². The van der Waals surface area contributed by atoms with Crippen LogP contribution in [0.3, 0.4) is 0 Å². The molecule has 20 heavy (non-hydrogen) atoms. The van der Waals surface area contributed by atoms with Crippen LogP contribution in [-0.2, 0) is 9.59 Å². The van der Waals surface area contributed by atoms with Gasteiger partial charge in [0.25, 0.3) is 0 Å². The number of aliphatic carboxylic acids is 1. The highest BCUT2D eigenvalue weighted by Gasteiger charge is 2.43. The summed E-state index contributed by atoms with van der Waals surface area (Å²) < 4.78 is 0.